The number of carbonyl (C=O) groups excluding carboxylic acids is 1. The molecule has 1 fully saturated rings. The molecule has 7 nitrogen and oxygen atoms in total. The summed E-state index contributed by atoms with van der Waals surface area (Å²) in [5, 5.41) is 9.88. The summed E-state index contributed by atoms with van der Waals surface area (Å²) in [6.45, 7) is 12.8. The van der Waals surface area contributed by atoms with Gasteiger partial charge >= 0.3 is 6.09 Å². The van der Waals surface area contributed by atoms with Crippen molar-refractivity contribution in [2.75, 3.05) is 26.7 Å². The van der Waals surface area contributed by atoms with Crippen molar-refractivity contribution in [3.8, 4) is 0 Å². The number of nitrogens with zero attached hydrogens (tertiary/aromatic N) is 2. The summed E-state index contributed by atoms with van der Waals surface area (Å²) in [5.41, 5.74) is 0.470. The SMILES string of the molecule is CN=C(NCC(NC(=O)OC(C)(C)C)c1ccccc1)NC1CCN(C(C)C)CC1. The van der Waals surface area contributed by atoms with Gasteiger partial charge in [-0.1, -0.05) is 30.3 Å². The highest BCUT2D eigenvalue weighted by molar-refractivity contribution is 5.80. The summed E-state index contributed by atoms with van der Waals surface area (Å²) in [4.78, 5) is 19.2. The number of hydrogen-bond donors (Lipinski definition) is 3. The predicted molar refractivity (Wildman–Crippen MR) is 123 cm³/mol. The zero-order valence-corrected chi connectivity index (χ0v) is 19.4. The second-order valence-corrected chi connectivity index (χ2v) is 9.11. The third kappa shape index (κ3) is 8.22. The van der Waals surface area contributed by atoms with Gasteiger partial charge in [0.05, 0.1) is 6.04 Å². The van der Waals surface area contributed by atoms with E-state index in [9.17, 15) is 4.79 Å². The van der Waals surface area contributed by atoms with Crippen LogP contribution >= 0.6 is 0 Å². The van der Waals surface area contributed by atoms with Crippen LogP contribution in [0, 0.1) is 0 Å². The average Bonchev–Trinajstić information content (AvgIpc) is 2.69. The summed E-state index contributed by atoms with van der Waals surface area (Å²) in [5.74, 6) is 0.755. The fraction of sp³-hybridized carbons (Fsp3) is 0.652. The standard InChI is InChI=1S/C23H39N5O2/c1-17(2)28-14-12-19(13-15-28)26-21(24-6)25-16-20(18-10-8-7-9-11-18)27-22(29)30-23(3,4)5/h7-11,17,19-20H,12-16H2,1-6H3,(H,27,29)(H2,24,25,26). The maximum atomic E-state index is 12.3. The first-order chi connectivity index (χ1) is 14.2. The molecule has 0 bridgehead atoms. The van der Waals surface area contributed by atoms with Crippen LogP contribution < -0.4 is 16.0 Å². The molecule has 30 heavy (non-hydrogen) atoms. The summed E-state index contributed by atoms with van der Waals surface area (Å²) in [7, 11) is 1.78. The molecule has 1 aromatic carbocycles. The van der Waals surface area contributed by atoms with Crippen LogP contribution in [0.2, 0.25) is 0 Å². The molecule has 0 aliphatic carbocycles. The number of aliphatic imine (C=N–C) groups is 1. The number of benzene rings is 1. The van der Waals surface area contributed by atoms with Gasteiger partial charge in [0.1, 0.15) is 5.60 Å². The van der Waals surface area contributed by atoms with Crippen LogP contribution in [0.1, 0.15) is 59.1 Å². The average molecular weight is 418 g/mol. The van der Waals surface area contributed by atoms with Gasteiger partial charge in [-0.2, -0.15) is 0 Å². The number of ether oxygens (including phenoxy) is 1. The molecular formula is C23H39N5O2. The fourth-order valence-corrected chi connectivity index (χ4v) is 3.53. The molecule has 168 valence electrons. The molecule has 1 aliphatic heterocycles. The maximum Gasteiger partial charge on any atom is 0.408 e. The Kier molecular flexibility index (Phi) is 8.96. The first kappa shape index (κ1) is 24.0. The van der Waals surface area contributed by atoms with Gasteiger partial charge in [-0.3, -0.25) is 4.99 Å². The molecular weight excluding hydrogens is 378 g/mol. The van der Waals surface area contributed by atoms with Gasteiger partial charge in [0, 0.05) is 38.8 Å². The number of likely N-dealkylation sites (tertiary alicyclic amines) is 1. The minimum atomic E-state index is -0.540. The van der Waals surface area contributed by atoms with E-state index in [0.717, 1.165) is 37.5 Å². The molecule has 1 saturated heterocycles. The summed E-state index contributed by atoms with van der Waals surface area (Å²) in [6, 6.07) is 10.7. The van der Waals surface area contributed by atoms with E-state index in [0.29, 0.717) is 18.6 Å². The van der Waals surface area contributed by atoms with Crippen LogP contribution in [0.5, 0.6) is 0 Å². The lowest BCUT2D eigenvalue weighted by atomic mass is 10.0. The zero-order valence-electron chi connectivity index (χ0n) is 19.4. The zero-order chi connectivity index (χ0) is 22.1. The highest BCUT2D eigenvalue weighted by Crippen LogP contribution is 2.15. The van der Waals surface area contributed by atoms with E-state index < -0.39 is 11.7 Å². The first-order valence-electron chi connectivity index (χ1n) is 10.9. The number of carbonyl (C=O) groups is 1. The molecule has 2 rings (SSSR count). The van der Waals surface area contributed by atoms with E-state index >= 15 is 0 Å². The molecule has 1 aliphatic rings. The van der Waals surface area contributed by atoms with E-state index in [1.165, 1.54) is 0 Å². The van der Waals surface area contributed by atoms with Crippen molar-refractivity contribution in [3.05, 3.63) is 35.9 Å². The van der Waals surface area contributed by atoms with Crippen molar-refractivity contribution in [2.24, 2.45) is 4.99 Å². The largest absolute Gasteiger partial charge is 0.444 e. The maximum absolute atomic E-state index is 12.3. The monoisotopic (exact) mass is 417 g/mol. The van der Waals surface area contributed by atoms with Gasteiger partial charge in [-0.05, 0) is 53.0 Å². The molecule has 1 amide bonds. The number of piperidine rings is 1. The number of nitrogens with one attached hydrogen (secondary N) is 3. The second-order valence-electron chi connectivity index (χ2n) is 9.11. The molecule has 0 spiro atoms. The Morgan fingerprint density at radius 1 is 1.20 bits per heavy atom. The van der Waals surface area contributed by atoms with Gasteiger partial charge in [0.25, 0.3) is 0 Å². The van der Waals surface area contributed by atoms with Gasteiger partial charge in [-0.15, -0.1) is 0 Å². The van der Waals surface area contributed by atoms with Crippen molar-refractivity contribution in [2.45, 2.75) is 71.2 Å². The van der Waals surface area contributed by atoms with Gasteiger partial charge in [0.15, 0.2) is 5.96 Å². The van der Waals surface area contributed by atoms with E-state index in [2.05, 4.69) is 39.7 Å². The third-order valence-corrected chi connectivity index (χ3v) is 5.19. The predicted octanol–water partition coefficient (Wildman–Crippen LogP) is 3.29. The number of amides is 1. The van der Waals surface area contributed by atoms with Crippen LogP contribution in [0.4, 0.5) is 4.79 Å². The fourth-order valence-electron chi connectivity index (χ4n) is 3.53. The van der Waals surface area contributed by atoms with Crippen LogP contribution in [-0.2, 0) is 4.74 Å². The number of alkyl carbamates (subject to hydrolysis) is 1. The molecule has 0 saturated carbocycles. The Hall–Kier alpha value is -2.28. The van der Waals surface area contributed by atoms with Gasteiger partial charge in [-0.25, -0.2) is 4.79 Å². The minimum absolute atomic E-state index is 0.234. The lowest BCUT2D eigenvalue weighted by molar-refractivity contribution is 0.0504. The quantitative estimate of drug-likeness (QED) is 0.489. The van der Waals surface area contributed by atoms with Crippen molar-refractivity contribution in [3.63, 3.8) is 0 Å². The van der Waals surface area contributed by atoms with Crippen molar-refractivity contribution >= 4 is 12.1 Å². The normalized spacial score (nSPS) is 17.5. The Morgan fingerprint density at radius 2 is 1.83 bits per heavy atom. The third-order valence-electron chi connectivity index (χ3n) is 5.19. The van der Waals surface area contributed by atoms with Crippen molar-refractivity contribution in [1.82, 2.24) is 20.9 Å². The Bertz CT molecular complexity index is 677. The molecule has 7 heteroatoms. The van der Waals surface area contributed by atoms with Crippen molar-refractivity contribution in [1.29, 1.82) is 0 Å². The lowest BCUT2D eigenvalue weighted by Gasteiger charge is -2.35. The first-order valence-corrected chi connectivity index (χ1v) is 10.9. The van der Waals surface area contributed by atoms with E-state index in [1.54, 1.807) is 7.05 Å². The van der Waals surface area contributed by atoms with Gasteiger partial charge < -0.3 is 25.6 Å². The number of hydrogen-bond acceptors (Lipinski definition) is 4. The Morgan fingerprint density at radius 3 is 2.37 bits per heavy atom. The van der Waals surface area contributed by atoms with E-state index in [-0.39, 0.29) is 6.04 Å². The topological polar surface area (TPSA) is 78.0 Å². The minimum Gasteiger partial charge on any atom is -0.444 e. The number of rotatable bonds is 6. The van der Waals surface area contributed by atoms with E-state index in [1.807, 2.05) is 51.1 Å². The molecule has 3 N–H and O–H groups in total. The Balaban J connectivity index is 1.93. The lowest BCUT2D eigenvalue weighted by Crippen LogP contribution is -2.51. The van der Waals surface area contributed by atoms with Crippen LogP contribution in [-0.4, -0.2) is 61.3 Å². The molecule has 1 unspecified atom stereocenters. The van der Waals surface area contributed by atoms with Crippen LogP contribution in [0.25, 0.3) is 0 Å². The molecule has 0 aromatic heterocycles. The summed E-state index contributed by atoms with van der Waals surface area (Å²) >= 11 is 0. The highest BCUT2D eigenvalue weighted by Gasteiger charge is 2.23. The second kappa shape index (κ2) is 11.2. The molecule has 0 radical (unpaired) electrons. The van der Waals surface area contributed by atoms with Crippen molar-refractivity contribution < 1.29 is 9.53 Å². The summed E-state index contributed by atoms with van der Waals surface area (Å²) < 4.78 is 5.45. The molecule has 1 aromatic rings. The smallest absolute Gasteiger partial charge is 0.408 e. The highest BCUT2D eigenvalue weighted by atomic mass is 16.6. The Labute approximate surface area is 181 Å². The van der Waals surface area contributed by atoms with Crippen LogP contribution in [0.3, 0.4) is 0 Å². The van der Waals surface area contributed by atoms with Crippen LogP contribution in [0.15, 0.2) is 35.3 Å². The summed E-state index contributed by atoms with van der Waals surface area (Å²) in [6.07, 6.45) is 1.76. The van der Waals surface area contributed by atoms with E-state index in [4.69, 9.17) is 4.74 Å². The molecule has 1 atom stereocenters. The van der Waals surface area contributed by atoms with Gasteiger partial charge in [0.2, 0.25) is 0 Å². The molecule has 1 heterocycles. The number of guanidine groups is 1.